The predicted octanol–water partition coefficient (Wildman–Crippen LogP) is 6.88. The van der Waals surface area contributed by atoms with Gasteiger partial charge in [-0.05, 0) is 18.2 Å². The van der Waals surface area contributed by atoms with Crippen molar-refractivity contribution in [2.75, 3.05) is 7.11 Å². The van der Waals surface area contributed by atoms with Crippen LogP contribution in [0.2, 0.25) is 0 Å². The first kappa shape index (κ1) is 22.8. The molecule has 5 heterocycles. The number of fused-ring (bicyclic) bond motifs is 20. The highest BCUT2D eigenvalue weighted by atomic mass is 16.5. The van der Waals surface area contributed by atoms with Gasteiger partial charge >= 0.3 is 0 Å². The number of ether oxygens (including phenoxy) is 1. The molecule has 0 radical (unpaired) electrons. The van der Waals surface area contributed by atoms with Crippen LogP contribution in [0.15, 0.2) is 91.0 Å². The summed E-state index contributed by atoms with van der Waals surface area (Å²) in [6.45, 7) is 0. The second-order valence-corrected chi connectivity index (χ2v) is 10.2. The van der Waals surface area contributed by atoms with E-state index in [4.69, 9.17) is 34.6 Å². The maximum Gasteiger partial charge on any atom is 0.164 e. The molecule has 9 heteroatoms. The fourth-order valence-corrected chi connectivity index (χ4v) is 5.75. The number of hydrogen-bond acceptors (Lipinski definition) is 7. The van der Waals surface area contributed by atoms with Gasteiger partial charge in [-0.25, -0.2) is 29.9 Å². The Morgan fingerprint density at radius 3 is 1.24 bits per heavy atom. The Labute approximate surface area is 238 Å². The van der Waals surface area contributed by atoms with Gasteiger partial charge in [0.25, 0.3) is 0 Å². The van der Waals surface area contributed by atoms with Crippen molar-refractivity contribution in [2.45, 2.75) is 0 Å². The molecule has 0 saturated carbocycles. The number of nitrogens with one attached hydrogen (secondary N) is 2. The van der Waals surface area contributed by atoms with Crippen LogP contribution in [0.4, 0.5) is 0 Å². The van der Waals surface area contributed by atoms with E-state index in [1.807, 2.05) is 91.0 Å². The van der Waals surface area contributed by atoms with Gasteiger partial charge in [0.15, 0.2) is 23.3 Å². The van der Waals surface area contributed by atoms with Crippen molar-refractivity contribution in [3.63, 3.8) is 0 Å². The number of aromatic nitrogens is 8. The highest BCUT2D eigenvalue weighted by Gasteiger charge is 2.22. The molecule has 8 bridgehead atoms. The molecule has 0 amide bonds. The average Bonchev–Trinajstić information content (AvgIpc) is 3.76. The third kappa shape index (κ3) is 3.30. The Kier molecular flexibility index (Phi) is 4.63. The van der Waals surface area contributed by atoms with Crippen molar-refractivity contribution in [1.82, 2.24) is 39.9 Å². The maximum atomic E-state index is 5.54. The summed E-state index contributed by atoms with van der Waals surface area (Å²) < 4.78 is 5.54. The topological polar surface area (TPSA) is 118 Å². The zero-order valence-corrected chi connectivity index (χ0v) is 22.3. The molecule has 7 aromatic rings. The summed E-state index contributed by atoms with van der Waals surface area (Å²) in [6.07, 6.45) is 0. The van der Waals surface area contributed by atoms with Gasteiger partial charge in [0.2, 0.25) is 0 Å². The molecular weight excluding hydrogens is 524 g/mol. The Hall–Kier alpha value is -5.96. The van der Waals surface area contributed by atoms with Crippen molar-refractivity contribution < 1.29 is 4.74 Å². The molecule has 9 rings (SSSR count). The standard InChI is InChI=1S/C33H20N8O/c1-42-17-14-15-24-25(16-17)33-40-31-23-13-7-6-12-22(23)29(38-31)36-27-19-9-3-2-8-18(19)26(34-27)35-28-20-10-4-5-11-21(20)30(37-28)39-32(24)41-33/h2-16H,1H3,(H2,34,35,36,37,38,39,40,41). The molecule has 0 atom stereocenters. The fraction of sp³-hybridized carbons (Fsp3) is 0.0303. The van der Waals surface area contributed by atoms with Gasteiger partial charge in [0.05, 0.1) is 7.11 Å². The normalized spacial score (nSPS) is 11.9. The van der Waals surface area contributed by atoms with E-state index in [9.17, 15) is 0 Å². The third-order valence-electron chi connectivity index (χ3n) is 7.76. The van der Waals surface area contributed by atoms with Gasteiger partial charge in [-0.2, -0.15) is 0 Å². The van der Waals surface area contributed by atoms with Crippen LogP contribution in [0.25, 0.3) is 89.7 Å². The maximum absolute atomic E-state index is 5.54. The quantitative estimate of drug-likeness (QED) is 0.231. The van der Waals surface area contributed by atoms with Gasteiger partial charge < -0.3 is 14.7 Å². The van der Waals surface area contributed by atoms with E-state index in [0.717, 1.165) is 43.8 Å². The van der Waals surface area contributed by atoms with E-state index in [1.165, 1.54) is 0 Å². The predicted molar refractivity (Wildman–Crippen MR) is 163 cm³/mol. The summed E-state index contributed by atoms with van der Waals surface area (Å²) in [5.74, 6) is 2.97. The molecule has 0 unspecified atom stereocenters. The third-order valence-corrected chi connectivity index (χ3v) is 7.76. The Balaban J connectivity index is 1.50. The van der Waals surface area contributed by atoms with Crippen molar-refractivity contribution in [3.05, 3.63) is 91.0 Å². The second kappa shape index (κ2) is 8.52. The summed E-state index contributed by atoms with van der Waals surface area (Å²) in [7, 11) is 1.65. The molecule has 0 aliphatic carbocycles. The summed E-state index contributed by atoms with van der Waals surface area (Å²) >= 11 is 0. The van der Waals surface area contributed by atoms with E-state index in [2.05, 4.69) is 9.97 Å². The van der Waals surface area contributed by atoms with Crippen LogP contribution in [0, 0.1) is 0 Å². The lowest BCUT2D eigenvalue weighted by atomic mass is 10.1. The SMILES string of the molecule is COc1ccc2c(c1)-c1nc-2nc2[nH]c(nc3nc(nc4[nH]c(n1)c1ccccc41)-c1ccccc1-3)c1ccccc21. The zero-order valence-electron chi connectivity index (χ0n) is 22.3. The molecule has 0 fully saturated rings. The molecule has 3 aromatic heterocycles. The minimum absolute atomic E-state index is 0.535. The molecule has 198 valence electrons. The lowest BCUT2D eigenvalue weighted by Crippen LogP contribution is -1.86. The summed E-state index contributed by atoms with van der Waals surface area (Å²) in [5.41, 5.74) is 6.18. The van der Waals surface area contributed by atoms with Crippen LogP contribution in [0.3, 0.4) is 0 Å². The molecule has 9 nitrogen and oxygen atoms in total. The number of methoxy groups -OCH3 is 1. The minimum Gasteiger partial charge on any atom is -0.497 e. The first-order chi connectivity index (χ1) is 20.7. The molecule has 4 aromatic carbocycles. The summed E-state index contributed by atoms with van der Waals surface area (Å²) in [6, 6.07) is 29.9. The van der Waals surface area contributed by atoms with E-state index in [1.54, 1.807) is 7.11 Å². The van der Waals surface area contributed by atoms with E-state index < -0.39 is 0 Å². The smallest absolute Gasteiger partial charge is 0.164 e. The Morgan fingerprint density at radius 2 is 0.810 bits per heavy atom. The number of benzene rings is 4. The van der Waals surface area contributed by atoms with Gasteiger partial charge in [-0.15, -0.1) is 0 Å². The number of hydrogen-bond donors (Lipinski definition) is 2. The monoisotopic (exact) mass is 544 g/mol. The number of rotatable bonds is 1. The lowest BCUT2D eigenvalue weighted by Gasteiger charge is -2.02. The van der Waals surface area contributed by atoms with E-state index in [0.29, 0.717) is 51.6 Å². The van der Waals surface area contributed by atoms with Gasteiger partial charge in [0.1, 0.15) is 28.3 Å². The lowest BCUT2D eigenvalue weighted by molar-refractivity contribution is 0.415. The van der Waals surface area contributed by atoms with E-state index >= 15 is 0 Å². The summed E-state index contributed by atoms with van der Waals surface area (Å²) in [4.78, 5) is 36.8. The second-order valence-electron chi connectivity index (χ2n) is 10.2. The first-order valence-electron chi connectivity index (χ1n) is 13.5. The van der Waals surface area contributed by atoms with Gasteiger partial charge in [-0.1, -0.05) is 72.8 Å². The largest absolute Gasteiger partial charge is 0.497 e. The molecule has 2 aliphatic rings. The van der Waals surface area contributed by atoms with E-state index in [-0.39, 0.29) is 0 Å². The van der Waals surface area contributed by atoms with Crippen molar-refractivity contribution in [2.24, 2.45) is 0 Å². The van der Waals surface area contributed by atoms with Gasteiger partial charge in [0, 0.05) is 43.8 Å². The molecule has 0 saturated heterocycles. The number of nitrogens with zero attached hydrogens (tertiary/aromatic N) is 6. The zero-order chi connectivity index (χ0) is 27.8. The van der Waals surface area contributed by atoms with Crippen LogP contribution in [-0.2, 0) is 0 Å². The minimum atomic E-state index is 0.535. The first-order valence-corrected chi connectivity index (χ1v) is 13.5. The molecular formula is C33H20N8O. The number of aromatic amines is 2. The van der Waals surface area contributed by atoms with Crippen LogP contribution in [0.1, 0.15) is 0 Å². The Morgan fingerprint density at radius 1 is 0.429 bits per heavy atom. The average molecular weight is 545 g/mol. The Bertz CT molecular complexity index is 2420. The number of H-pyrrole nitrogens is 2. The fourth-order valence-electron chi connectivity index (χ4n) is 5.75. The van der Waals surface area contributed by atoms with Crippen LogP contribution < -0.4 is 4.74 Å². The highest BCUT2D eigenvalue weighted by Crippen LogP contribution is 2.38. The van der Waals surface area contributed by atoms with Crippen LogP contribution >= 0.6 is 0 Å². The highest BCUT2D eigenvalue weighted by molar-refractivity contribution is 6.06. The summed E-state index contributed by atoms with van der Waals surface area (Å²) in [5, 5.41) is 3.74. The van der Waals surface area contributed by atoms with Crippen LogP contribution in [0.5, 0.6) is 5.75 Å². The van der Waals surface area contributed by atoms with Crippen molar-refractivity contribution >= 4 is 44.1 Å². The van der Waals surface area contributed by atoms with Crippen molar-refractivity contribution in [1.29, 1.82) is 0 Å². The van der Waals surface area contributed by atoms with Crippen LogP contribution in [-0.4, -0.2) is 47.0 Å². The van der Waals surface area contributed by atoms with Gasteiger partial charge in [-0.3, -0.25) is 0 Å². The molecule has 42 heavy (non-hydrogen) atoms. The molecule has 2 aliphatic heterocycles. The molecule has 2 N–H and O–H groups in total. The molecule has 0 spiro atoms. The van der Waals surface area contributed by atoms with Crippen molar-refractivity contribution in [3.8, 4) is 51.3 Å².